The molecule has 0 aliphatic heterocycles. The molecule has 1 N–H and O–H groups in total. The van der Waals surface area contributed by atoms with Crippen LogP contribution in [0.25, 0.3) is 0 Å². The van der Waals surface area contributed by atoms with Gasteiger partial charge in [0.25, 0.3) is 5.91 Å². The predicted molar refractivity (Wildman–Crippen MR) is 97.2 cm³/mol. The largest absolute Gasteiger partial charge is 0.496 e. The van der Waals surface area contributed by atoms with Gasteiger partial charge in [0.05, 0.1) is 17.3 Å². The van der Waals surface area contributed by atoms with Crippen molar-refractivity contribution in [3.8, 4) is 5.75 Å². The van der Waals surface area contributed by atoms with Crippen LogP contribution in [0.3, 0.4) is 0 Å². The maximum absolute atomic E-state index is 12.3. The van der Waals surface area contributed by atoms with Crippen molar-refractivity contribution in [2.75, 3.05) is 14.2 Å². The number of rotatable bonds is 6. The van der Waals surface area contributed by atoms with E-state index in [4.69, 9.17) is 9.47 Å². The summed E-state index contributed by atoms with van der Waals surface area (Å²) in [6.07, 6.45) is -0.703. The summed E-state index contributed by atoms with van der Waals surface area (Å²) >= 11 is 3.43. The van der Waals surface area contributed by atoms with Crippen LogP contribution in [0.15, 0.2) is 58.1 Å². The van der Waals surface area contributed by atoms with Crippen LogP contribution in [0, 0.1) is 0 Å². The summed E-state index contributed by atoms with van der Waals surface area (Å²) in [5.74, 6) is 0.412. The maximum atomic E-state index is 12.3. The molecule has 0 fully saturated rings. The van der Waals surface area contributed by atoms with Gasteiger partial charge >= 0.3 is 0 Å². The van der Waals surface area contributed by atoms with Gasteiger partial charge in [0.15, 0.2) is 6.10 Å². The number of halogens is 1. The standard InChI is InChI=1S/C18H19BrN2O3/c1-12(14-9-10-16(23-2)15(19)11-14)20-21-18(22)17(24-3)13-7-5-4-6-8-13/h4-11,17H,1-3H3,(H,21,22)/b20-12-/t17-/m0/s1. The van der Waals surface area contributed by atoms with Crippen molar-refractivity contribution in [2.24, 2.45) is 5.10 Å². The number of benzene rings is 2. The van der Waals surface area contributed by atoms with E-state index in [-0.39, 0.29) is 5.91 Å². The molecular weight excluding hydrogens is 372 g/mol. The highest BCUT2D eigenvalue weighted by atomic mass is 79.9. The fourth-order valence-electron chi connectivity index (χ4n) is 2.18. The van der Waals surface area contributed by atoms with Gasteiger partial charge in [0.1, 0.15) is 5.75 Å². The first kappa shape index (κ1) is 18.2. The van der Waals surface area contributed by atoms with Crippen molar-refractivity contribution in [3.05, 3.63) is 64.1 Å². The first-order chi connectivity index (χ1) is 11.6. The summed E-state index contributed by atoms with van der Waals surface area (Å²) in [5.41, 5.74) is 4.88. The second kappa shape index (κ2) is 8.61. The van der Waals surface area contributed by atoms with Crippen LogP contribution >= 0.6 is 15.9 Å². The zero-order chi connectivity index (χ0) is 17.5. The zero-order valence-electron chi connectivity index (χ0n) is 13.7. The first-order valence-corrected chi connectivity index (χ1v) is 8.12. The van der Waals surface area contributed by atoms with Gasteiger partial charge in [-0.2, -0.15) is 5.10 Å². The van der Waals surface area contributed by atoms with E-state index < -0.39 is 6.10 Å². The molecule has 0 saturated heterocycles. The van der Waals surface area contributed by atoms with Crippen LogP contribution in [-0.2, 0) is 9.53 Å². The van der Waals surface area contributed by atoms with Gasteiger partial charge in [-0.25, -0.2) is 5.43 Å². The Morgan fingerprint density at radius 1 is 1.17 bits per heavy atom. The number of ether oxygens (including phenoxy) is 2. The normalized spacial score (nSPS) is 12.6. The molecule has 0 heterocycles. The van der Waals surface area contributed by atoms with Crippen LogP contribution in [0.4, 0.5) is 0 Å². The molecule has 0 saturated carbocycles. The lowest BCUT2D eigenvalue weighted by Crippen LogP contribution is -2.27. The summed E-state index contributed by atoms with van der Waals surface area (Å²) in [4.78, 5) is 12.3. The number of hydrazone groups is 1. The van der Waals surface area contributed by atoms with Gasteiger partial charge in [-0.1, -0.05) is 30.3 Å². The average molecular weight is 391 g/mol. The summed E-state index contributed by atoms with van der Waals surface area (Å²) in [6, 6.07) is 14.9. The number of amides is 1. The van der Waals surface area contributed by atoms with Crippen molar-refractivity contribution < 1.29 is 14.3 Å². The van der Waals surface area contributed by atoms with E-state index in [0.29, 0.717) is 5.71 Å². The molecule has 2 aromatic carbocycles. The Kier molecular flexibility index (Phi) is 6.52. The third-order valence-corrected chi connectivity index (χ3v) is 4.10. The monoisotopic (exact) mass is 390 g/mol. The van der Waals surface area contributed by atoms with Crippen molar-refractivity contribution >= 4 is 27.5 Å². The summed E-state index contributed by atoms with van der Waals surface area (Å²) < 4.78 is 11.3. The number of hydrogen-bond donors (Lipinski definition) is 1. The van der Waals surface area contributed by atoms with E-state index in [0.717, 1.165) is 21.3 Å². The molecule has 0 aliphatic rings. The molecule has 0 aromatic heterocycles. The van der Waals surface area contributed by atoms with E-state index in [1.54, 1.807) is 7.11 Å². The minimum absolute atomic E-state index is 0.323. The first-order valence-electron chi connectivity index (χ1n) is 7.32. The van der Waals surface area contributed by atoms with E-state index in [2.05, 4.69) is 26.5 Å². The highest BCUT2D eigenvalue weighted by molar-refractivity contribution is 9.10. The van der Waals surface area contributed by atoms with E-state index in [9.17, 15) is 4.79 Å². The molecular formula is C18H19BrN2O3. The van der Waals surface area contributed by atoms with Crippen LogP contribution in [0.1, 0.15) is 24.2 Å². The lowest BCUT2D eigenvalue weighted by Gasteiger charge is -2.14. The summed E-state index contributed by atoms with van der Waals surface area (Å²) in [5, 5.41) is 4.16. The van der Waals surface area contributed by atoms with E-state index in [1.807, 2.05) is 55.5 Å². The number of nitrogens with one attached hydrogen (secondary N) is 1. The third-order valence-electron chi connectivity index (χ3n) is 3.48. The Labute approximate surface area is 149 Å². The fourth-order valence-corrected chi connectivity index (χ4v) is 2.72. The summed E-state index contributed by atoms with van der Waals surface area (Å²) in [6.45, 7) is 1.82. The Hall–Kier alpha value is -2.18. The van der Waals surface area contributed by atoms with Crippen molar-refractivity contribution in [2.45, 2.75) is 13.0 Å². The molecule has 0 spiro atoms. The molecule has 2 rings (SSSR count). The Morgan fingerprint density at radius 2 is 1.88 bits per heavy atom. The Bertz CT molecular complexity index is 732. The second-order valence-corrected chi connectivity index (χ2v) is 5.90. The molecule has 1 amide bonds. The lowest BCUT2D eigenvalue weighted by molar-refractivity contribution is -0.131. The molecule has 2 aromatic rings. The molecule has 1 atom stereocenters. The molecule has 0 bridgehead atoms. The van der Waals surface area contributed by atoms with Crippen LogP contribution < -0.4 is 10.2 Å². The topological polar surface area (TPSA) is 59.9 Å². The lowest BCUT2D eigenvalue weighted by atomic mass is 10.1. The zero-order valence-corrected chi connectivity index (χ0v) is 15.3. The number of carbonyl (C=O) groups is 1. The van der Waals surface area contributed by atoms with Gasteiger partial charge in [-0.3, -0.25) is 4.79 Å². The average Bonchev–Trinajstić information content (AvgIpc) is 2.61. The maximum Gasteiger partial charge on any atom is 0.273 e. The summed E-state index contributed by atoms with van der Waals surface area (Å²) in [7, 11) is 3.10. The second-order valence-electron chi connectivity index (χ2n) is 5.05. The highest BCUT2D eigenvalue weighted by Gasteiger charge is 2.19. The predicted octanol–water partition coefficient (Wildman–Crippen LogP) is 3.69. The fraction of sp³-hybridized carbons (Fsp3) is 0.222. The molecule has 0 radical (unpaired) electrons. The Morgan fingerprint density at radius 3 is 2.46 bits per heavy atom. The molecule has 5 nitrogen and oxygen atoms in total. The third kappa shape index (κ3) is 4.43. The van der Waals surface area contributed by atoms with Crippen molar-refractivity contribution in [3.63, 3.8) is 0 Å². The van der Waals surface area contributed by atoms with Gasteiger partial charge < -0.3 is 9.47 Å². The minimum Gasteiger partial charge on any atom is -0.496 e. The highest BCUT2D eigenvalue weighted by Crippen LogP contribution is 2.25. The van der Waals surface area contributed by atoms with Gasteiger partial charge in [-0.05, 0) is 52.2 Å². The minimum atomic E-state index is -0.703. The van der Waals surface area contributed by atoms with Crippen LogP contribution in [0.5, 0.6) is 5.75 Å². The van der Waals surface area contributed by atoms with Gasteiger partial charge in [0, 0.05) is 7.11 Å². The SMILES string of the molecule is COc1ccc(/C(C)=N\NC(=O)[C@@H](OC)c2ccccc2)cc1Br. The smallest absolute Gasteiger partial charge is 0.273 e. The molecule has 0 aliphatic carbocycles. The van der Waals surface area contributed by atoms with Gasteiger partial charge in [0.2, 0.25) is 0 Å². The molecule has 0 unspecified atom stereocenters. The quantitative estimate of drug-likeness (QED) is 0.604. The molecule has 24 heavy (non-hydrogen) atoms. The number of carbonyl (C=O) groups excluding carboxylic acids is 1. The van der Waals surface area contributed by atoms with Crippen molar-refractivity contribution in [1.82, 2.24) is 5.43 Å². The van der Waals surface area contributed by atoms with E-state index >= 15 is 0 Å². The van der Waals surface area contributed by atoms with Crippen molar-refractivity contribution in [1.29, 1.82) is 0 Å². The molecule has 6 heteroatoms. The number of hydrogen-bond acceptors (Lipinski definition) is 4. The van der Waals surface area contributed by atoms with Crippen LogP contribution in [0.2, 0.25) is 0 Å². The van der Waals surface area contributed by atoms with Gasteiger partial charge in [-0.15, -0.1) is 0 Å². The number of nitrogens with zero attached hydrogens (tertiary/aromatic N) is 1. The van der Waals surface area contributed by atoms with Crippen LogP contribution in [-0.4, -0.2) is 25.8 Å². The Balaban J connectivity index is 2.11. The molecule has 126 valence electrons. The number of methoxy groups -OCH3 is 2. The van der Waals surface area contributed by atoms with E-state index in [1.165, 1.54) is 7.11 Å².